The lowest BCUT2D eigenvalue weighted by molar-refractivity contribution is -0.137. The number of aromatic nitrogens is 1. The van der Waals surface area contributed by atoms with E-state index in [1.807, 2.05) is 24.3 Å². The Morgan fingerprint density at radius 1 is 1.09 bits per heavy atom. The van der Waals surface area contributed by atoms with Crippen LogP contribution in [0.3, 0.4) is 0 Å². The van der Waals surface area contributed by atoms with Crippen molar-refractivity contribution in [2.75, 3.05) is 32.1 Å². The van der Waals surface area contributed by atoms with E-state index >= 15 is 0 Å². The van der Waals surface area contributed by atoms with Crippen molar-refractivity contribution in [2.45, 2.75) is 25.3 Å². The first-order valence-electron chi connectivity index (χ1n) is 10.5. The minimum absolute atomic E-state index is 0.0420. The number of carbonyl (C=O) groups excluding carboxylic acids is 3. The molecule has 1 aliphatic rings. The highest BCUT2D eigenvalue weighted by molar-refractivity contribution is 6.39. The van der Waals surface area contributed by atoms with Crippen LogP contribution >= 0.6 is 0 Å². The van der Waals surface area contributed by atoms with Gasteiger partial charge in [-0.15, -0.1) is 0 Å². The number of nitrogens with zero attached hydrogens (tertiary/aromatic N) is 2. The number of hydrogen-bond acceptors (Lipinski definition) is 5. The summed E-state index contributed by atoms with van der Waals surface area (Å²) < 4.78 is 4.93. The maximum Gasteiger partial charge on any atom is 0.313 e. The molecule has 32 heavy (non-hydrogen) atoms. The van der Waals surface area contributed by atoms with Gasteiger partial charge < -0.3 is 20.3 Å². The van der Waals surface area contributed by atoms with E-state index in [1.54, 1.807) is 36.4 Å². The smallest absolute Gasteiger partial charge is 0.313 e. The molecule has 0 bridgehead atoms. The number of likely N-dealkylation sites (tertiary alicyclic amines) is 1. The fourth-order valence-corrected chi connectivity index (χ4v) is 3.31. The predicted octanol–water partition coefficient (Wildman–Crippen LogP) is 1.56. The first-order valence-corrected chi connectivity index (χ1v) is 10.5. The molecule has 3 rings (SSSR count). The van der Waals surface area contributed by atoms with Crippen molar-refractivity contribution in [3.63, 3.8) is 0 Å². The Morgan fingerprint density at radius 2 is 1.91 bits per heavy atom. The average Bonchev–Trinajstić information content (AvgIpc) is 2.82. The molecule has 1 aromatic carbocycles. The van der Waals surface area contributed by atoms with Crippen LogP contribution in [0.1, 0.15) is 30.5 Å². The van der Waals surface area contributed by atoms with Gasteiger partial charge in [0.2, 0.25) is 5.91 Å². The molecule has 1 aromatic heterocycles. The third kappa shape index (κ3) is 6.93. The van der Waals surface area contributed by atoms with Gasteiger partial charge in [-0.3, -0.25) is 14.4 Å². The van der Waals surface area contributed by atoms with Crippen molar-refractivity contribution in [3.8, 4) is 11.8 Å². The molecule has 0 spiro atoms. The number of carbonyl (C=O) groups is 3. The van der Waals surface area contributed by atoms with Gasteiger partial charge in [-0.1, -0.05) is 18.1 Å². The zero-order valence-corrected chi connectivity index (χ0v) is 18.0. The molecule has 3 amide bonds. The molecular formula is C24H26N4O4. The van der Waals surface area contributed by atoms with Crippen LogP contribution in [0.2, 0.25) is 0 Å². The van der Waals surface area contributed by atoms with Crippen LogP contribution in [0.4, 0.5) is 5.69 Å². The normalized spacial score (nSPS) is 13.6. The number of methoxy groups -OCH3 is 1. The van der Waals surface area contributed by atoms with E-state index < -0.39 is 11.8 Å². The average molecular weight is 434 g/mol. The van der Waals surface area contributed by atoms with Gasteiger partial charge in [0, 0.05) is 43.7 Å². The highest BCUT2D eigenvalue weighted by atomic mass is 16.5. The molecule has 1 fully saturated rings. The van der Waals surface area contributed by atoms with E-state index in [1.165, 1.54) is 0 Å². The summed E-state index contributed by atoms with van der Waals surface area (Å²) in [4.78, 5) is 42.6. The van der Waals surface area contributed by atoms with E-state index in [2.05, 4.69) is 27.5 Å². The lowest BCUT2D eigenvalue weighted by Crippen LogP contribution is -2.49. The molecule has 1 saturated heterocycles. The monoisotopic (exact) mass is 434 g/mol. The Labute approximate surface area is 187 Å². The molecule has 0 unspecified atom stereocenters. The number of pyridine rings is 1. The molecule has 8 heteroatoms. The van der Waals surface area contributed by atoms with Crippen molar-refractivity contribution in [2.24, 2.45) is 0 Å². The molecule has 1 aliphatic heterocycles. The summed E-state index contributed by atoms with van der Waals surface area (Å²) >= 11 is 0. The minimum atomic E-state index is -0.738. The van der Waals surface area contributed by atoms with Gasteiger partial charge >= 0.3 is 11.8 Å². The second-order valence-electron chi connectivity index (χ2n) is 7.37. The first kappa shape index (κ1) is 23.0. The topological polar surface area (TPSA) is 101 Å². The molecule has 0 radical (unpaired) electrons. The molecule has 2 N–H and O–H groups in total. The maximum absolute atomic E-state index is 12.3. The number of nitrogens with one attached hydrogen (secondary N) is 2. The summed E-state index contributed by atoms with van der Waals surface area (Å²) in [5.41, 5.74) is 1.82. The van der Waals surface area contributed by atoms with Gasteiger partial charge in [-0.2, -0.15) is 0 Å². The molecule has 0 aliphatic carbocycles. The van der Waals surface area contributed by atoms with Crippen molar-refractivity contribution < 1.29 is 19.1 Å². The molecule has 0 saturated carbocycles. The van der Waals surface area contributed by atoms with E-state index in [-0.39, 0.29) is 11.9 Å². The first-order chi connectivity index (χ1) is 15.5. The fourth-order valence-electron chi connectivity index (χ4n) is 3.31. The zero-order chi connectivity index (χ0) is 22.8. The number of amides is 3. The zero-order valence-electron chi connectivity index (χ0n) is 18.0. The van der Waals surface area contributed by atoms with E-state index in [9.17, 15) is 14.4 Å². The summed E-state index contributed by atoms with van der Waals surface area (Å²) in [5, 5.41) is 5.36. The van der Waals surface area contributed by atoms with Crippen LogP contribution in [0.25, 0.3) is 0 Å². The molecule has 8 nitrogen and oxygen atoms in total. The summed E-state index contributed by atoms with van der Waals surface area (Å²) in [6.07, 6.45) is 3.23. The van der Waals surface area contributed by atoms with E-state index in [0.717, 1.165) is 0 Å². The Hall–Kier alpha value is -3.70. The molecule has 2 heterocycles. The summed E-state index contributed by atoms with van der Waals surface area (Å²) in [6.45, 7) is 1.49. The number of rotatable bonds is 5. The van der Waals surface area contributed by atoms with Crippen molar-refractivity contribution in [1.82, 2.24) is 15.2 Å². The summed E-state index contributed by atoms with van der Waals surface area (Å²) in [5.74, 6) is 4.55. The highest BCUT2D eigenvalue weighted by Gasteiger charge is 2.25. The van der Waals surface area contributed by atoms with Gasteiger partial charge in [0.05, 0.1) is 13.0 Å². The predicted molar refractivity (Wildman–Crippen MR) is 120 cm³/mol. The lowest BCUT2D eigenvalue weighted by atomic mass is 10.0. The van der Waals surface area contributed by atoms with Gasteiger partial charge in [-0.05, 0) is 49.1 Å². The number of benzene rings is 1. The van der Waals surface area contributed by atoms with Gasteiger partial charge in [0.25, 0.3) is 0 Å². The molecule has 166 valence electrons. The number of ether oxygens (including phenoxy) is 1. The van der Waals surface area contributed by atoms with Gasteiger partial charge in [-0.25, -0.2) is 4.98 Å². The van der Waals surface area contributed by atoms with Gasteiger partial charge in [0.1, 0.15) is 5.69 Å². The Bertz CT molecular complexity index is 1010. The third-order valence-corrected chi connectivity index (χ3v) is 5.03. The summed E-state index contributed by atoms with van der Waals surface area (Å²) in [6, 6.07) is 12.3. The molecule has 0 atom stereocenters. The van der Waals surface area contributed by atoms with Crippen LogP contribution < -0.4 is 10.6 Å². The molecular weight excluding hydrogens is 408 g/mol. The number of piperidine rings is 1. The van der Waals surface area contributed by atoms with E-state index in [4.69, 9.17) is 4.74 Å². The van der Waals surface area contributed by atoms with Crippen LogP contribution in [-0.4, -0.2) is 60.5 Å². The van der Waals surface area contributed by atoms with Crippen molar-refractivity contribution in [3.05, 3.63) is 59.9 Å². The SMILES string of the molecule is COCCC(=O)N1CCC(NC(=O)C(=O)Nc2cccc(C#Cc3ccccn3)c2)CC1. The van der Waals surface area contributed by atoms with Crippen LogP contribution in [0, 0.1) is 11.8 Å². The van der Waals surface area contributed by atoms with Crippen LogP contribution in [0.5, 0.6) is 0 Å². The van der Waals surface area contributed by atoms with Gasteiger partial charge in [0.15, 0.2) is 0 Å². The van der Waals surface area contributed by atoms with Crippen molar-refractivity contribution >= 4 is 23.4 Å². The standard InChI is InChI=1S/C24H26N4O4/c1-32-16-12-22(29)28-14-10-20(11-15-28)26-23(30)24(31)27-21-7-4-5-18(17-21)8-9-19-6-2-3-13-25-19/h2-7,13,17,20H,10-12,14-16H2,1H3,(H,26,30)(H,27,31). The van der Waals surface area contributed by atoms with Crippen LogP contribution in [-0.2, 0) is 19.1 Å². The lowest BCUT2D eigenvalue weighted by Gasteiger charge is -2.32. The summed E-state index contributed by atoms with van der Waals surface area (Å²) in [7, 11) is 1.56. The van der Waals surface area contributed by atoms with E-state index in [0.29, 0.717) is 55.9 Å². The quantitative estimate of drug-likeness (QED) is 0.550. The molecule has 2 aromatic rings. The maximum atomic E-state index is 12.3. The fraction of sp³-hybridized carbons (Fsp3) is 0.333. The van der Waals surface area contributed by atoms with Crippen molar-refractivity contribution in [1.29, 1.82) is 0 Å². The second-order valence-corrected chi connectivity index (χ2v) is 7.37. The van der Waals surface area contributed by atoms with Crippen LogP contribution in [0.15, 0.2) is 48.7 Å². The second kappa shape index (κ2) is 11.6. The minimum Gasteiger partial charge on any atom is -0.384 e. The largest absolute Gasteiger partial charge is 0.384 e. The Morgan fingerprint density at radius 3 is 2.62 bits per heavy atom. The Kier molecular flexibility index (Phi) is 8.35. The highest BCUT2D eigenvalue weighted by Crippen LogP contribution is 2.13. The third-order valence-electron chi connectivity index (χ3n) is 5.03. The number of hydrogen-bond donors (Lipinski definition) is 2. The number of anilines is 1. The Balaban J connectivity index is 1.48.